The van der Waals surface area contributed by atoms with Gasteiger partial charge in [0.05, 0.1) is 19.8 Å². The molecule has 0 saturated carbocycles. The Morgan fingerprint density at radius 2 is 2.00 bits per heavy atom. The van der Waals surface area contributed by atoms with Crippen LogP contribution in [0.25, 0.3) is 0 Å². The number of pyridine rings is 1. The molecule has 5 heteroatoms. The maximum atomic E-state index is 9.29. The van der Waals surface area contributed by atoms with E-state index < -0.39 is 0 Å². The molecule has 0 aliphatic carbocycles. The van der Waals surface area contributed by atoms with Crippen molar-refractivity contribution in [1.29, 1.82) is 0 Å². The molecular weight excluding hydrogens is 222 g/mol. The van der Waals surface area contributed by atoms with Gasteiger partial charge in [0.25, 0.3) is 0 Å². The van der Waals surface area contributed by atoms with E-state index in [0.29, 0.717) is 29.2 Å². The molecule has 0 bridgehead atoms. The number of hydrogen-bond acceptors (Lipinski definition) is 5. The van der Waals surface area contributed by atoms with Crippen molar-refractivity contribution < 1.29 is 20.1 Å². The minimum Gasteiger partial charge on any atom is -0.487 e. The molecule has 1 aromatic heterocycles. The van der Waals surface area contributed by atoms with Gasteiger partial charge in [-0.2, -0.15) is 0 Å². The molecule has 0 spiro atoms. The average Bonchev–Trinajstić information content (AvgIpc) is 2.38. The van der Waals surface area contributed by atoms with Crippen LogP contribution in [0.1, 0.15) is 23.7 Å². The van der Waals surface area contributed by atoms with Gasteiger partial charge in [-0.25, -0.2) is 0 Å². The third-order valence-electron chi connectivity index (χ3n) is 2.34. The SMILES string of the molecule is C/C=C/COc1c(CO)ncc(CO)c1CO. The number of hydrogen-bond donors (Lipinski definition) is 3. The van der Waals surface area contributed by atoms with Gasteiger partial charge in [0.2, 0.25) is 0 Å². The van der Waals surface area contributed by atoms with Crippen LogP contribution in [0.2, 0.25) is 0 Å². The van der Waals surface area contributed by atoms with Crippen molar-refractivity contribution in [2.75, 3.05) is 6.61 Å². The summed E-state index contributed by atoms with van der Waals surface area (Å²) >= 11 is 0. The summed E-state index contributed by atoms with van der Waals surface area (Å²) in [5, 5.41) is 27.6. The number of aliphatic hydroxyl groups excluding tert-OH is 3. The van der Waals surface area contributed by atoms with Crippen molar-refractivity contribution in [2.24, 2.45) is 0 Å². The first-order valence-electron chi connectivity index (χ1n) is 5.34. The Morgan fingerprint density at radius 1 is 1.24 bits per heavy atom. The third-order valence-corrected chi connectivity index (χ3v) is 2.34. The van der Waals surface area contributed by atoms with E-state index in [0.717, 1.165) is 0 Å². The summed E-state index contributed by atoms with van der Waals surface area (Å²) in [6.45, 7) is 1.42. The molecule has 1 aromatic rings. The van der Waals surface area contributed by atoms with Crippen molar-refractivity contribution in [3.63, 3.8) is 0 Å². The average molecular weight is 239 g/mol. The van der Waals surface area contributed by atoms with Gasteiger partial charge >= 0.3 is 0 Å². The standard InChI is InChI=1S/C12H17NO4/c1-2-3-4-17-12-10(7-15)9(6-14)5-13-11(12)8-16/h2-3,5,14-16H,4,6-8H2,1H3/b3-2+. The van der Waals surface area contributed by atoms with Crippen molar-refractivity contribution in [1.82, 2.24) is 4.98 Å². The van der Waals surface area contributed by atoms with Crippen molar-refractivity contribution in [3.8, 4) is 5.75 Å². The summed E-state index contributed by atoms with van der Waals surface area (Å²) in [4.78, 5) is 3.99. The molecule has 0 amide bonds. The molecule has 1 heterocycles. The van der Waals surface area contributed by atoms with Crippen LogP contribution in [-0.4, -0.2) is 26.9 Å². The molecule has 0 aliphatic heterocycles. The van der Waals surface area contributed by atoms with Crippen LogP contribution >= 0.6 is 0 Å². The first kappa shape index (κ1) is 13.6. The summed E-state index contributed by atoms with van der Waals surface area (Å²) in [5.41, 5.74) is 1.33. The summed E-state index contributed by atoms with van der Waals surface area (Å²) in [5.74, 6) is 0.347. The minimum absolute atomic E-state index is 0.228. The molecule has 94 valence electrons. The molecule has 0 aliphatic rings. The van der Waals surface area contributed by atoms with Gasteiger partial charge in [-0.1, -0.05) is 12.2 Å². The fourth-order valence-corrected chi connectivity index (χ4v) is 1.43. The van der Waals surface area contributed by atoms with Crippen LogP contribution < -0.4 is 4.74 Å². The molecule has 0 radical (unpaired) electrons. The molecule has 1 rings (SSSR count). The van der Waals surface area contributed by atoms with Crippen LogP contribution in [-0.2, 0) is 19.8 Å². The largest absolute Gasteiger partial charge is 0.487 e. The Morgan fingerprint density at radius 3 is 2.53 bits per heavy atom. The highest BCUT2D eigenvalue weighted by atomic mass is 16.5. The van der Waals surface area contributed by atoms with Gasteiger partial charge in [0, 0.05) is 17.3 Å². The number of rotatable bonds is 6. The van der Waals surface area contributed by atoms with Crippen LogP contribution in [0.3, 0.4) is 0 Å². The zero-order chi connectivity index (χ0) is 12.7. The topological polar surface area (TPSA) is 82.8 Å². The maximum Gasteiger partial charge on any atom is 0.149 e. The zero-order valence-electron chi connectivity index (χ0n) is 9.76. The van der Waals surface area contributed by atoms with Gasteiger partial charge in [0.1, 0.15) is 18.1 Å². The van der Waals surface area contributed by atoms with Crippen LogP contribution in [0.4, 0.5) is 0 Å². The van der Waals surface area contributed by atoms with E-state index >= 15 is 0 Å². The van der Waals surface area contributed by atoms with Crippen LogP contribution in [0.15, 0.2) is 18.3 Å². The Hall–Kier alpha value is -1.43. The lowest BCUT2D eigenvalue weighted by Gasteiger charge is -2.14. The summed E-state index contributed by atoms with van der Waals surface area (Å²) in [6.07, 6.45) is 5.06. The number of aromatic nitrogens is 1. The summed E-state index contributed by atoms with van der Waals surface area (Å²) in [6, 6.07) is 0. The molecule has 0 unspecified atom stereocenters. The lowest BCUT2D eigenvalue weighted by molar-refractivity contribution is 0.240. The van der Waals surface area contributed by atoms with E-state index in [1.54, 1.807) is 6.08 Å². The highest BCUT2D eigenvalue weighted by molar-refractivity contribution is 5.41. The molecule has 0 aromatic carbocycles. The zero-order valence-corrected chi connectivity index (χ0v) is 9.76. The Kier molecular flexibility index (Phi) is 5.62. The Balaban J connectivity index is 3.10. The van der Waals surface area contributed by atoms with E-state index in [9.17, 15) is 5.11 Å². The molecule has 0 atom stereocenters. The highest BCUT2D eigenvalue weighted by Gasteiger charge is 2.14. The molecule has 17 heavy (non-hydrogen) atoms. The van der Waals surface area contributed by atoms with Gasteiger partial charge in [0.15, 0.2) is 0 Å². The van der Waals surface area contributed by atoms with E-state index in [-0.39, 0.29) is 19.8 Å². The quantitative estimate of drug-likeness (QED) is 0.630. The normalized spacial score (nSPS) is 11.1. The van der Waals surface area contributed by atoms with Gasteiger partial charge in [-0.3, -0.25) is 4.98 Å². The highest BCUT2D eigenvalue weighted by Crippen LogP contribution is 2.26. The number of nitrogens with zero attached hydrogens (tertiary/aromatic N) is 1. The van der Waals surface area contributed by atoms with Gasteiger partial charge in [-0.15, -0.1) is 0 Å². The van der Waals surface area contributed by atoms with Crippen molar-refractivity contribution >= 4 is 0 Å². The lowest BCUT2D eigenvalue weighted by Crippen LogP contribution is -2.07. The van der Waals surface area contributed by atoms with Crippen LogP contribution in [0.5, 0.6) is 5.75 Å². The van der Waals surface area contributed by atoms with E-state index in [2.05, 4.69) is 4.98 Å². The van der Waals surface area contributed by atoms with Gasteiger partial charge in [-0.05, 0) is 6.92 Å². The van der Waals surface area contributed by atoms with E-state index in [4.69, 9.17) is 14.9 Å². The number of ether oxygens (including phenoxy) is 1. The monoisotopic (exact) mass is 239 g/mol. The predicted molar refractivity (Wildman–Crippen MR) is 62.3 cm³/mol. The predicted octanol–water partition coefficient (Wildman–Crippen LogP) is 0.513. The van der Waals surface area contributed by atoms with E-state index in [1.165, 1.54) is 6.20 Å². The number of aliphatic hydroxyl groups is 3. The smallest absolute Gasteiger partial charge is 0.149 e. The first-order valence-corrected chi connectivity index (χ1v) is 5.34. The first-order chi connectivity index (χ1) is 8.28. The van der Waals surface area contributed by atoms with E-state index in [1.807, 2.05) is 13.0 Å². The summed E-state index contributed by atoms with van der Waals surface area (Å²) < 4.78 is 5.45. The number of allylic oxidation sites excluding steroid dienone is 1. The third kappa shape index (κ3) is 3.26. The molecule has 0 fully saturated rings. The molecule has 5 nitrogen and oxygen atoms in total. The minimum atomic E-state index is -0.274. The lowest BCUT2D eigenvalue weighted by atomic mass is 10.1. The second-order valence-electron chi connectivity index (χ2n) is 3.39. The fraction of sp³-hybridized carbons (Fsp3) is 0.417. The Bertz CT molecular complexity index is 390. The van der Waals surface area contributed by atoms with Crippen molar-refractivity contribution in [2.45, 2.75) is 26.7 Å². The Labute approximate surface area is 100 Å². The maximum absolute atomic E-state index is 9.29. The molecular formula is C12H17NO4. The van der Waals surface area contributed by atoms with Gasteiger partial charge < -0.3 is 20.1 Å². The van der Waals surface area contributed by atoms with Crippen molar-refractivity contribution in [3.05, 3.63) is 35.2 Å². The fourth-order valence-electron chi connectivity index (χ4n) is 1.43. The molecule has 0 saturated heterocycles. The second-order valence-corrected chi connectivity index (χ2v) is 3.39. The molecule has 3 N–H and O–H groups in total. The second kappa shape index (κ2) is 7.01. The van der Waals surface area contributed by atoms with Crippen LogP contribution in [0, 0.1) is 0 Å². The summed E-state index contributed by atoms with van der Waals surface area (Å²) in [7, 11) is 0.